The summed E-state index contributed by atoms with van der Waals surface area (Å²) in [5, 5.41) is 11.3. The van der Waals surface area contributed by atoms with Gasteiger partial charge in [-0.25, -0.2) is 4.79 Å². The third-order valence-corrected chi connectivity index (χ3v) is 2.19. The van der Waals surface area contributed by atoms with E-state index in [1.165, 1.54) is 4.90 Å². The van der Waals surface area contributed by atoms with E-state index in [1.807, 2.05) is 6.92 Å². The predicted octanol–water partition coefficient (Wildman–Crippen LogP) is 0.527. The van der Waals surface area contributed by atoms with Crippen molar-refractivity contribution in [3.8, 4) is 0 Å². The highest BCUT2D eigenvalue weighted by Gasteiger charge is 2.19. The number of carbonyl (C=O) groups is 2. The van der Waals surface area contributed by atoms with Gasteiger partial charge in [-0.2, -0.15) is 0 Å². The van der Waals surface area contributed by atoms with Gasteiger partial charge in [0.25, 0.3) is 0 Å². The highest BCUT2D eigenvalue weighted by molar-refractivity contribution is 5.75. The number of carboxylic acid groups (broad SMARTS) is 1. The van der Waals surface area contributed by atoms with Crippen LogP contribution in [0.1, 0.15) is 20.3 Å². The van der Waals surface area contributed by atoms with Gasteiger partial charge in [0.15, 0.2) is 0 Å². The van der Waals surface area contributed by atoms with E-state index in [9.17, 15) is 9.59 Å². The van der Waals surface area contributed by atoms with Crippen LogP contribution in [0.15, 0.2) is 0 Å². The highest BCUT2D eigenvalue weighted by Crippen LogP contribution is 2.03. The predicted molar refractivity (Wildman–Crippen MR) is 59.4 cm³/mol. The van der Waals surface area contributed by atoms with E-state index in [0.717, 1.165) is 0 Å². The Hall–Kier alpha value is -1.30. The van der Waals surface area contributed by atoms with Crippen molar-refractivity contribution in [1.82, 2.24) is 10.2 Å². The van der Waals surface area contributed by atoms with E-state index in [4.69, 9.17) is 9.84 Å². The molecule has 0 spiro atoms. The number of amides is 2. The summed E-state index contributed by atoms with van der Waals surface area (Å²) < 4.78 is 4.80. The molecule has 0 aliphatic rings. The van der Waals surface area contributed by atoms with Crippen molar-refractivity contribution in [2.45, 2.75) is 26.3 Å². The normalized spacial score (nSPS) is 11.9. The summed E-state index contributed by atoms with van der Waals surface area (Å²) >= 11 is 0. The molecule has 0 radical (unpaired) electrons. The first-order valence-corrected chi connectivity index (χ1v) is 5.28. The topological polar surface area (TPSA) is 78.9 Å². The number of rotatable bonds is 7. The molecule has 16 heavy (non-hydrogen) atoms. The molecule has 0 aromatic heterocycles. The maximum atomic E-state index is 11.6. The van der Waals surface area contributed by atoms with Crippen molar-refractivity contribution in [3.63, 3.8) is 0 Å². The van der Waals surface area contributed by atoms with Crippen molar-refractivity contribution in [2.24, 2.45) is 0 Å². The Morgan fingerprint density at radius 3 is 2.56 bits per heavy atom. The first-order valence-electron chi connectivity index (χ1n) is 5.28. The largest absolute Gasteiger partial charge is 0.481 e. The summed E-state index contributed by atoms with van der Waals surface area (Å²) in [4.78, 5) is 23.7. The van der Waals surface area contributed by atoms with Gasteiger partial charge in [-0.15, -0.1) is 0 Å². The average molecular weight is 232 g/mol. The monoisotopic (exact) mass is 232 g/mol. The van der Waals surface area contributed by atoms with Crippen molar-refractivity contribution in [3.05, 3.63) is 0 Å². The van der Waals surface area contributed by atoms with E-state index in [2.05, 4.69) is 5.32 Å². The van der Waals surface area contributed by atoms with Gasteiger partial charge in [0.1, 0.15) is 0 Å². The molecule has 0 rings (SSSR count). The molecule has 0 fully saturated rings. The van der Waals surface area contributed by atoms with Crippen molar-refractivity contribution >= 4 is 12.0 Å². The number of nitrogens with zero attached hydrogens (tertiary/aromatic N) is 1. The first kappa shape index (κ1) is 14.7. The Kier molecular flexibility index (Phi) is 7.28. The van der Waals surface area contributed by atoms with Gasteiger partial charge in [0.05, 0.1) is 13.0 Å². The molecule has 2 N–H and O–H groups in total. The summed E-state index contributed by atoms with van der Waals surface area (Å²) in [7, 11) is 1.55. The smallest absolute Gasteiger partial charge is 0.317 e. The number of nitrogens with one attached hydrogen (secondary N) is 1. The van der Waals surface area contributed by atoms with Gasteiger partial charge in [-0.3, -0.25) is 4.79 Å². The van der Waals surface area contributed by atoms with Gasteiger partial charge in [0.2, 0.25) is 0 Å². The van der Waals surface area contributed by atoms with Gasteiger partial charge in [-0.1, -0.05) is 0 Å². The lowest BCUT2D eigenvalue weighted by molar-refractivity contribution is -0.138. The fourth-order valence-corrected chi connectivity index (χ4v) is 1.38. The molecule has 0 aromatic carbocycles. The van der Waals surface area contributed by atoms with E-state index in [1.54, 1.807) is 14.0 Å². The van der Waals surface area contributed by atoms with Crippen LogP contribution in [-0.4, -0.2) is 54.9 Å². The zero-order valence-corrected chi connectivity index (χ0v) is 10.0. The molecule has 6 nitrogen and oxygen atoms in total. The molecular weight excluding hydrogens is 212 g/mol. The second-order valence-electron chi connectivity index (χ2n) is 3.46. The number of ether oxygens (including phenoxy) is 1. The quantitative estimate of drug-likeness (QED) is 0.627. The van der Waals surface area contributed by atoms with Crippen LogP contribution in [0.25, 0.3) is 0 Å². The van der Waals surface area contributed by atoms with E-state index in [0.29, 0.717) is 19.7 Å². The van der Waals surface area contributed by atoms with Crippen LogP contribution in [0.2, 0.25) is 0 Å². The van der Waals surface area contributed by atoms with Crippen LogP contribution in [-0.2, 0) is 9.53 Å². The van der Waals surface area contributed by atoms with E-state index >= 15 is 0 Å². The zero-order chi connectivity index (χ0) is 12.6. The highest BCUT2D eigenvalue weighted by atomic mass is 16.5. The Morgan fingerprint density at radius 2 is 2.12 bits per heavy atom. The summed E-state index contributed by atoms with van der Waals surface area (Å²) in [5.74, 6) is -0.907. The summed E-state index contributed by atoms with van der Waals surface area (Å²) in [6.45, 7) is 4.87. The van der Waals surface area contributed by atoms with E-state index in [-0.39, 0.29) is 18.5 Å². The Balaban J connectivity index is 4.14. The number of hydrogen-bond acceptors (Lipinski definition) is 3. The SMILES string of the molecule is CCN(C(=O)NCCOC)C(C)CC(=O)O. The summed E-state index contributed by atoms with van der Waals surface area (Å²) in [6, 6.07) is -0.571. The molecule has 0 saturated carbocycles. The molecule has 1 unspecified atom stereocenters. The second kappa shape index (κ2) is 7.92. The van der Waals surface area contributed by atoms with E-state index < -0.39 is 5.97 Å². The molecular formula is C10H20N2O4. The molecule has 0 saturated heterocycles. The fourth-order valence-electron chi connectivity index (χ4n) is 1.38. The second-order valence-corrected chi connectivity index (χ2v) is 3.46. The van der Waals surface area contributed by atoms with Crippen molar-refractivity contribution in [2.75, 3.05) is 26.8 Å². The fraction of sp³-hybridized carbons (Fsp3) is 0.800. The van der Waals surface area contributed by atoms with Crippen LogP contribution >= 0.6 is 0 Å². The van der Waals surface area contributed by atoms with Gasteiger partial charge in [-0.05, 0) is 13.8 Å². The van der Waals surface area contributed by atoms with Gasteiger partial charge < -0.3 is 20.1 Å². The minimum absolute atomic E-state index is 0.0501. The number of hydrogen-bond donors (Lipinski definition) is 2. The van der Waals surface area contributed by atoms with Crippen molar-refractivity contribution < 1.29 is 19.4 Å². The van der Waals surface area contributed by atoms with Crippen LogP contribution in [0, 0.1) is 0 Å². The Morgan fingerprint density at radius 1 is 1.50 bits per heavy atom. The minimum Gasteiger partial charge on any atom is -0.481 e. The third kappa shape index (κ3) is 5.55. The van der Waals surface area contributed by atoms with Crippen LogP contribution in [0.5, 0.6) is 0 Å². The van der Waals surface area contributed by atoms with Crippen LogP contribution in [0.3, 0.4) is 0 Å². The maximum absolute atomic E-state index is 11.6. The maximum Gasteiger partial charge on any atom is 0.317 e. The number of urea groups is 1. The summed E-state index contributed by atoms with van der Waals surface area (Å²) in [5.41, 5.74) is 0. The molecule has 2 amide bonds. The Labute approximate surface area is 95.6 Å². The zero-order valence-electron chi connectivity index (χ0n) is 10.0. The molecule has 1 atom stereocenters. The lowest BCUT2D eigenvalue weighted by Crippen LogP contribution is -2.46. The molecule has 94 valence electrons. The van der Waals surface area contributed by atoms with Gasteiger partial charge in [0, 0.05) is 26.2 Å². The number of carboxylic acids is 1. The molecule has 6 heteroatoms. The van der Waals surface area contributed by atoms with Crippen LogP contribution < -0.4 is 5.32 Å². The lowest BCUT2D eigenvalue weighted by atomic mass is 10.2. The van der Waals surface area contributed by atoms with Crippen LogP contribution in [0.4, 0.5) is 4.79 Å². The molecule has 0 aliphatic heterocycles. The van der Waals surface area contributed by atoms with Crippen molar-refractivity contribution in [1.29, 1.82) is 0 Å². The third-order valence-electron chi connectivity index (χ3n) is 2.19. The number of methoxy groups -OCH3 is 1. The lowest BCUT2D eigenvalue weighted by Gasteiger charge is -2.27. The average Bonchev–Trinajstić information content (AvgIpc) is 2.18. The molecule has 0 bridgehead atoms. The standard InChI is InChI=1S/C10H20N2O4/c1-4-12(8(2)7-9(13)14)10(15)11-5-6-16-3/h8H,4-7H2,1-3H3,(H,11,15)(H,13,14). The summed E-state index contributed by atoms with van der Waals surface area (Å²) in [6.07, 6.45) is -0.0501. The first-order chi connectivity index (χ1) is 7.52. The minimum atomic E-state index is -0.907. The molecule has 0 aliphatic carbocycles. The molecule has 0 aromatic rings. The molecule has 0 heterocycles. The number of carbonyl (C=O) groups excluding carboxylic acids is 1. The Bertz CT molecular complexity index is 233. The van der Waals surface area contributed by atoms with Gasteiger partial charge >= 0.3 is 12.0 Å². The number of aliphatic carboxylic acids is 1.